The molecule has 3 nitrogen and oxygen atoms in total. The maximum absolute atomic E-state index is 12.1. The molecule has 0 aliphatic carbocycles. The van der Waals surface area contributed by atoms with Crippen molar-refractivity contribution in [3.05, 3.63) is 65.7 Å². The summed E-state index contributed by atoms with van der Waals surface area (Å²) in [7, 11) is -3.37. The second-order valence-electron chi connectivity index (χ2n) is 5.51. The van der Waals surface area contributed by atoms with Gasteiger partial charge in [-0.1, -0.05) is 54.4 Å². The van der Waals surface area contributed by atoms with Crippen LogP contribution in [0, 0.1) is 6.92 Å². The van der Waals surface area contributed by atoms with Crippen LogP contribution >= 0.6 is 0 Å². The fourth-order valence-electron chi connectivity index (χ4n) is 2.28. The summed E-state index contributed by atoms with van der Waals surface area (Å²) in [4.78, 5) is 0.336. The van der Waals surface area contributed by atoms with Crippen LogP contribution in [0.2, 0.25) is 0 Å². The summed E-state index contributed by atoms with van der Waals surface area (Å²) >= 11 is 0. The normalized spacial score (nSPS) is 11.5. The molecule has 0 fully saturated rings. The smallest absolute Gasteiger partial charge is 0.211 e. The van der Waals surface area contributed by atoms with Gasteiger partial charge in [0.15, 0.2) is 0 Å². The minimum atomic E-state index is -3.37. The van der Waals surface area contributed by atoms with Crippen LogP contribution in [0.15, 0.2) is 59.5 Å². The van der Waals surface area contributed by atoms with Gasteiger partial charge < -0.3 is 0 Å². The summed E-state index contributed by atoms with van der Waals surface area (Å²) in [5, 5.41) is 0. The van der Waals surface area contributed by atoms with Gasteiger partial charge >= 0.3 is 0 Å². The van der Waals surface area contributed by atoms with Gasteiger partial charge in [-0.3, -0.25) is 0 Å². The lowest BCUT2D eigenvalue weighted by Crippen LogP contribution is -2.24. The Labute approximate surface area is 133 Å². The van der Waals surface area contributed by atoms with Gasteiger partial charge in [0, 0.05) is 6.54 Å². The third kappa shape index (κ3) is 5.28. The van der Waals surface area contributed by atoms with Crippen molar-refractivity contribution < 1.29 is 8.42 Å². The first-order chi connectivity index (χ1) is 10.6. The van der Waals surface area contributed by atoms with E-state index in [1.807, 2.05) is 37.3 Å². The van der Waals surface area contributed by atoms with Gasteiger partial charge in [-0.05, 0) is 43.9 Å². The predicted octanol–water partition coefficient (Wildman–Crippen LogP) is 3.69. The van der Waals surface area contributed by atoms with Crippen molar-refractivity contribution in [3.63, 3.8) is 0 Å². The molecule has 0 saturated carbocycles. The molecule has 0 saturated heterocycles. The van der Waals surface area contributed by atoms with Crippen LogP contribution in [0.25, 0.3) is 0 Å². The quantitative estimate of drug-likeness (QED) is 0.755. The summed E-state index contributed by atoms with van der Waals surface area (Å²) in [5.41, 5.74) is 2.39. The van der Waals surface area contributed by atoms with Gasteiger partial charge in [0.1, 0.15) is 0 Å². The molecule has 2 aromatic rings. The average molecular weight is 317 g/mol. The Kier molecular flexibility index (Phi) is 6.16. The number of hydrogen-bond donors (Lipinski definition) is 1. The molecule has 0 atom stereocenters. The average Bonchev–Trinajstić information content (AvgIpc) is 2.52. The first kappa shape index (κ1) is 16.7. The van der Waals surface area contributed by atoms with E-state index in [1.54, 1.807) is 12.1 Å². The Morgan fingerprint density at radius 2 is 1.55 bits per heavy atom. The van der Waals surface area contributed by atoms with E-state index in [9.17, 15) is 8.42 Å². The number of aryl methyl sites for hydroxylation is 2. The van der Waals surface area contributed by atoms with E-state index in [2.05, 4.69) is 16.9 Å². The van der Waals surface area contributed by atoms with E-state index >= 15 is 0 Å². The van der Waals surface area contributed by atoms with Crippen LogP contribution in [-0.2, 0) is 16.4 Å². The molecular weight excluding hydrogens is 294 g/mol. The number of nitrogens with one attached hydrogen (secondary N) is 1. The number of sulfonamides is 1. The minimum Gasteiger partial charge on any atom is -0.211 e. The van der Waals surface area contributed by atoms with Crippen molar-refractivity contribution >= 4 is 10.0 Å². The summed E-state index contributed by atoms with van der Waals surface area (Å²) in [5.74, 6) is 0. The van der Waals surface area contributed by atoms with Crippen molar-refractivity contribution in [1.82, 2.24) is 4.72 Å². The number of benzene rings is 2. The standard InChI is InChI=1S/C18H23NO2S/c1-16-11-13-18(14-12-16)22(20,21)19-15-7-3-6-10-17-8-4-2-5-9-17/h2,4-5,8-9,11-14,19H,3,6-7,10,15H2,1H3. The Hall–Kier alpha value is -1.65. The molecule has 2 rings (SSSR count). The number of hydrogen-bond acceptors (Lipinski definition) is 2. The fraction of sp³-hybridized carbons (Fsp3) is 0.333. The van der Waals surface area contributed by atoms with Gasteiger partial charge in [0.05, 0.1) is 4.90 Å². The van der Waals surface area contributed by atoms with Gasteiger partial charge in [0.2, 0.25) is 10.0 Å². The molecule has 0 aliphatic rings. The summed E-state index contributed by atoms with van der Waals surface area (Å²) in [6, 6.07) is 17.3. The van der Waals surface area contributed by atoms with Crippen molar-refractivity contribution in [2.45, 2.75) is 37.5 Å². The lowest BCUT2D eigenvalue weighted by atomic mass is 10.1. The van der Waals surface area contributed by atoms with Crippen molar-refractivity contribution in [3.8, 4) is 0 Å². The van der Waals surface area contributed by atoms with Crippen molar-refractivity contribution in [2.75, 3.05) is 6.54 Å². The highest BCUT2D eigenvalue weighted by atomic mass is 32.2. The molecule has 22 heavy (non-hydrogen) atoms. The fourth-order valence-corrected chi connectivity index (χ4v) is 3.36. The largest absolute Gasteiger partial charge is 0.240 e. The second kappa shape index (κ2) is 8.11. The Balaban J connectivity index is 1.68. The van der Waals surface area contributed by atoms with Crippen molar-refractivity contribution in [1.29, 1.82) is 0 Å². The maximum Gasteiger partial charge on any atom is 0.240 e. The van der Waals surface area contributed by atoms with Gasteiger partial charge in [-0.15, -0.1) is 0 Å². The van der Waals surface area contributed by atoms with Crippen LogP contribution < -0.4 is 4.72 Å². The van der Waals surface area contributed by atoms with Crippen LogP contribution in [0.5, 0.6) is 0 Å². The molecule has 118 valence electrons. The minimum absolute atomic E-state index is 0.336. The molecule has 0 aromatic heterocycles. The van der Waals surface area contributed by atoms with E-state index in [4.69, 9.17) is 0 Å². The predicted molar refractivity (Wildman–Crippen MR) is 90.4 cm³/mol. The first-order valence-corrected chi connectivity index (χ1v) is 9.16. The lowest BCUT2D eigenvalue weighted by molar-refractivity contribution is 0.574. The second-order valence-corrected chi connectivity index (χ2v) is 7.27. The zero-order valence-electron chi connectivity index (χ0n) is 13.0. The van der Waals surface area contributed by atoms with Crippen LogP contribution in [-0.4, -0.2) is 15.0 Å². The Morgan fingerprint density at radius 3 is 2.23 bits per heavy atom. The summed E-state index contributed by atoms with van der Waals surface area (Å²) < 4.78 is 26.8. The monoisotopic (exact) mass is 317 g/mol. The van der Waals surface area contributed by atoms with Crippen LogP contribution in [0.3, 0.4) is 0 Å². The topological polar surface area (TPSA) is 46.2 Å². The SMILES string of the molecule is Cc1ccc(S(=O)(=O)NCCCCCc2ccccc2)cc1. The Morgan fingerprint density at radius 1 is 0.864 bits per heavy atom. The Bertz CT molecular complexity index is 664. The number of unbranched alkanes of at least 4 members (excludes halogenated alkanes) is 2. The van der Waals surface area contributed by atoms with E-state index in [0.717, 1.165) is 31.2 Å². The van der Waals surface area contributed by atoms with E-state index < -0.39 is 10.0 Å². The van der Waals surface area contributed by atoms with Gasteiger partial charge in [-0.25, -0.2) is 13.1 Å². The van der Waals surface area contributed by atoms with E-state index in [-0.39, 0.29) is 0 Å². The molecule has 0 radical (unpaired) electrons. The molecule has 0 amide bonds. The highest BCUT2D eigenvalue weighted by Crippen LogP contribution is 2.10. The summed E-state index contributed by atoms with van der Waals surface area (Å²) in [6.07, 6.45) is 4.01. The zero-order chi connectivity index (χ0) is 15.8. The van der Waals surface area contributed by atoms with Gasteiger partial charge in [0.25, 0.3) is 0 Å². The van der Waals surface area contributed by atoms with Crippen LogP contribution in [0.4, 0.5) is 0 Å². The molecule has 0 spiro atoms. The molecule has 0 unspecified atom stereocenters. The molecule has 0 aliphatic heterocycles. The summed E-state index contributed by atoms with van der Waals surface area (Å²) in [6.45, 7) is 2.43. The number of rotatable bonds is 8. The zero-order valence-corrected chi connectivity index (χ0v) is 13.8. The maximum atomic E-state index is 12.1. The highest BCUT2D eigenvalue weighted by Gasteiger charge is 2.12. The third-order valence-electron chi connectivity index (χ3n) is 3.61. The molecular formula is C18H23NO2S. The molecule has 1 N–H and O–H groups in total. The molecule has 0 bridgehead atoms. The molecule has 0 heterocycles. The third-order valence-corrected chi connectivity index (χ3v) is 5.09. The molecule has 2 aromatic carbocycles. The van der Waals surface area contributed by atoms with Crippen molar-refractivity contribution in [2.24, 2.45) is 0 Å². The lowest BCUT2D eigenvalue weighted by Gasteiger charge is -2.07. The highest BCUT2D eigenvalue weighted by molar-refractivity contribution is 7.89. The first-order valence-electron chi connectivity index (χ1n) is 7.68. The van der Waals surface area contributed by atoms with Gasteiger partial charge in [-0.2, -0.15) is 0 Å². The molecule has 4 heteroatoms. The van der Waals surface area contributed by atoms with Crippen LogP contribution in [0.1, 0.15) is 30.4 Å². The van der Waals surface area contributed by atoms with E-state index in [1.165, 1.54) is 5.56 Å². The van der Waals surface area contributed by atoms with E-state index in [0.29, 0.717) is 11.4 Å².